The van der Waals surface area contributed by atoms with Crippen LogP contribution in [-0.4, -0.2) is 18.2 Å². The minimum Gasteiger partial charge on any atom is -0.461 e. The summed E-state index contributed by atoms with van der Waals surface area (Å²) >= 11 is 0. The second-order valence-electron chi connectivity index (χ2n) is 7.03. The molecule has 0 fully saturated rings. The molecule has 0 N–H and O–H groups in total. The summed E-state index contributed by atoms with van der Waals surface area (Å²) in [6.07, 6.45) is 10.2. The highest BCUT2D eigenvalue weighted by molar-refractivity contribution is 5.74. The quantitative estimate of drug-likeness (QED) is 0.303. The SMILES string of the molecule is CCCCCCCCCCC(OCc1ccccc1)C(=O)OC(C)C. The molecule has 0 radical (unpaired) electrons. The molecule has 0 saturated carbocycles. The maximum atomic E-state index is 12.3. The summed E-state index contributed by atoms with van der Waals surface area (Å²) in [7, 11) is 0. The number of hydrogen-bond donors (Lipinski definition) is 0. The van der Waals surface area contributed by atoms with Crippen molar-refractivity contribution in [2.24, 2.45) is 0 Å². The zero-order chi connectivity index (χ0) is 18.3. The van der Waals surface area contributed by atoms with Gasteiger partial charge in [-0.2, -0.15) is 0 Å². The Bertz CT molecular complexity index is 442. The Kier molecular flexibility index (Phi) is 12.0. The van der Waals surface area contributed by atoms with Crippen LogP contribution in [0.1, 0.15) is 84.1 Å². The van der Waals surface area contributed by atoms with E-state index in [0.29, 0.717) is 6.61 Å². The van der Waals surface area contributed by atoms with Crippen molar-refractivity contribution in [3.8, 4) is 0 Å². The zero-order valence-corrected chi connectivity index (χ0v) is 16.3. The van der Waals surface area contributed by atoms with Crippen LogP contribution in [0.25, 0.3) is 0 Å². The van der Waals surface area contributed by atoms with Crippen LogP contribution in [0.15, 0.2) is 30.3 Å². The van der Waals surface area contributed by atoms with E-state index in [1.165, 1.54) is 38.5 Å². The minimum atomic E-state index is -0.456. The molecule has 0 aliphatic heterocycles. The van der Waals surface area contributed by atoms with E-state index in [4.69, 9.17) is 9.47 Å². The maximum Gasteiger partial charge on any atom is 0.335 e. The van der Waals surface area contributed by atoms with Crippen molar-refractivity contribution in [3.63, 3.8) is 0 Å². The monoisotopic (exact) mass is 348 g/mol. The van der Waals surface area contributed by atoms with Gasteiger partial charge in [0.25, 0.3) is 0 Å². The Balaban J connectivity index is 2.31. The molecule has 0 aliphatic carbocycles. The van der Waals surface area contributed by atoms with Gasteiger partial charge in [-0.05, 0) is 25.8 Å². The Hall–Kier alpha value is -1.35. The molecule has 1 rings (SSSR count). The molecule has 0 saturated heterocycles. The molecule has 3 heteroatoms. The second-order valence-corrected chi connectivity index (χ2v) is 7.03. The summed E-state index contributed by atoms with van der Waals surface area (Å²) in [6.45, 7) is 6.45. The van der Waals surface area contributed by atoms with Gasteiger partial charge in [-0.15, -0.1) is 0 Å². The van der Waals surface area contributed by atoms with Crippen molar-refractivity contribution in [2.75, 3.05) is 0 Å². The molecule has 0 amide bonds. The number of benzene rings is 1. The van der Waals surface area contributed by atoms with Crippen molar-refractivity contribution in [3.05, 3.63) is 35.9 Å². The standard InChI is InChI=1S/C22H36O3/c1-4-5-6-7-8-9-10-14-17-21(22(23)25-19(2)3)24-18-20-15-12-11-13-16-20/h11-13,15-16,19,21H,4-10,14,17-18H2,1-3H3. The molecular weight excluding hydrogens is 312 g/mol. The fourth-order valence-electron chi connectivity index (χ4n) is 2.81. The molecule has 1 aromatic rings. The molecule has 1 aromatic carbocycles. The van der Waals surface area contributed by atoms with E-state index in [-0.39, 0.29) is 12.1 Å². The summed E-state index contributed by atoms with van der Waals surface area (Å²) in [6, 6.07) is 9.98. The normalized spacial score (nSPS) is 12.3. The van der Waals surface area contributed by atoms with Crippen LogP contribution >= 0.6 is 0 Å². The number of carbonyl (C=O) groups is 1. The summed E-state index contributed by atoms with van der Waals surface area (Å²) in [4.78, 5) is 12.3. The fourth-order valence-corrected chi connectivity index (χ4v) is 2.81. The lowest BCUT2D eigenvalue weighted by molar-refractivity contribution is -0.162. The van der Waals surface area contributed by atoms with Gasteiger partial charge >= 0.3 is 5.97 Å². The molecule has 142 valence electrons. The van der Waals surface area contributed by atoms with Crippen molar-refractivity contribution in [2.45, 2.75) is 97.4 Å². The highest BCUT2D eigenvalue weighted by Crippen LogP contribution is 2.15. The number of hydrogen-bond acceptors (Lipinski definition) is 3. The summed E-state index contributed by atoms with van der Waals surface area (Å²) in [5.41, 5.74) is 1.08. The van der Waals surface area contributed by atoms with Gasteiger partial charge in [0.2, 0.25) is 0 Å². The molecule has 0 aliphatic rings. The van der Waals surface area contributed by atoms with Crippen LogP contribution in [0.2, 0.25) is 0 Å². The van der Waals surface area contributed by atoms with Crippen LogP contribution in [0.5, 0.6) is 0 Å². The molecule has 0 spiro atoms. The first-order chi connectivity index (χ1) is 12.1. The van der Waals surface area contributed by atoms with Gasteiger partial charge in [0.05, 0.1) is 12.7 Å². The predicted octanol–water partition coefficient (Wildman–Crippen LogP) is 6.05. The first-order valence-corrected chi connectivity index (χ1v) is 9.99. The molecule has 0 heterocycles. The van der Waals surface area contributed by atoms with Gasteiger partial charge in [-0.25, -0.2) is 4.79 Å². The highest BCUT2D eigenvalue weighted by atomic mass is 16.6. The Morgan fingerprint density at radius 3 is 2.12 bits per heavy atom. The molecule has 0 bridgehead atoms. The van der Waals surface area contributed by atoms with E-state index in [0.717, 1.165) is 24.8 Å². The van der Waals surface area contributed by atoms with Crippen LogP contribution < -0.4 is 0 Å². The molecule has 0 aromatic heterocycles. The third kappa shape index (κ3) is 11.0. The molecule has 25 heavy (non-hydrogen) atoms. The third-order valence-electron chi connectivity index (χ3n) is 4.23. The number of carbonyl (C=O) groups excluding carboxylic acids is 1. The van der Waals surface area contributed by atoms with Crippen molar-refractivity contribution >= 4 is 5.97 Å². The van der Waals surface area contributed by atoms with Crippen molar-refractivity contribution in [1.82, 2.24) is 0 Å². The number of esters is 1. The highest BCUT2D eigenvalue weighted by Gasteiger charge is 2.21. The van der Waals surface area contributed by atoms with Gasteiger partial charge in [-0.1, -0.05) is 88.6 Å². The molecule has 1 atom stereocenters. The maximum absolute atomic E-state index is 12.3. The second kappa shape index (κ2) is 13.9. The largest absolute Gasteiger partial charge is 0.461 e. The summed E-state index contributed by atoms with van der Waals surface area (Å²) in [5.74, 6) is -0.228. The Labute approximate surface area is 154 Å². The van der Waals surface area contributed by atoms with Gasteiger partial charge in [0.15, 0.2) is 6.10 Å². The topological polar surface area (TPSA) is 35.5 Å². The van der Waals surface area contributed by atoms with E-state index in [1.54, 1.807) is 0 Å². The summed E-state index contributed by atoms with van der Waals surface area (Å²) in [5, 5.41) is 0. The fraction of sp³-hybridized carbons (Fsp3) is 0.682. The van der Waals surface area contributed by atoms with E-state index in [2.05, 4.69) is 6.92 Å². The first-order valence-electron chi connectivity index (χ1n) is 9.99. The molecule has 1 unspecified atom stereocenters. The summed E-state index contributed by atoms with van der Waals surface area (Å²) < 4.78 is 11.2. The van der Waals surface area contributed by atoms with E-state index < -0.39 is 6.10 Å². The first kappa shape index (κ1) is 21.7. The molecular formula is C22H36O3. The van der Waals surface area contributed by atoms with Crippen LogP contribution in [0, 0.1) is 0 Å². The van der Waals surface area contributed by atoms with E-state index in [1.807, 2.05) is 44.2 Å². The number of ether oxygens (including phenoxy) is 2. The van der Waals surface area contributed by atoms with E-state index >= 15 is 0 Å². The van der Waals surface area contributed by atoms with E-state index in [9.17, 15) is 4.79 Å². The average molecular weight is 349 g/mol. The smallest absolute Gasteiger partial charge is 0.335 e. The molecule has 3 nitrogen and oxygen atoms in total. The number of unbranched alkanes of at least 4 members (excludes halogenated alkanes) is 7. The van der Waals surface area contributed by atoms with Gasteiger partial charge in [0.1, 0.15) is 0 Å². The van der Waals surface area contributed by atoms with Crippen molar-refractivity contribution in [1.29, 1.82) is 0 Å². The lowest BCUT2D eigenvalue weighted by Crippen LogP contribution is -2.28. The number of rotatable bonds is 14. The Morgan fingerprint density at radius 2 is 1.52 bits per heavy atom. The minimum absolute atomic E-state index is 0.103. The van der Waals surface area contributed by atoms with Crippen molar-refractivity contribution < 1.29 is 14.3 Å². The van der Waals surface area contributed by atoms with Crippen LogP contribution in [0.3, 0.4) is 0 Å². The van der Waals surface area contributed by atoms with Crippen LogP contribution in [0.4, 0.5) is 0 Å². The van der Waals surface area contributed by atoms with Gasteiger partial charge in [-0.3, -0.25) is 0 Å². The third-order valence-corrected chi connectivity index (χ3v) is 4.23. The van der Waals surface area contributed by atoms with Gasteiger partial charge in [0, 0.05) is 0 Å². The lowest BCUT2D eigenvalue weighted by Gasteiger charge is -2.18. The predicted molar refractivity (Wildman–Crippen MR) is 103 cm³/mol. The zero-order valence-electron chi connectivity index (χ0n) is 16.3. The Morgan fingerprint density at radius 1 is 0.920 bits per heavy atom. The van der Waals surface area contributed by atoms with Gasteiger partial charge < -0.3 is 9.47 Å². The van der Waals surface area contributed by atoms with Crippen LogP contribution in [-0.2, 0) is 20.9 Å². The average Bonchev–Trinajstić information content (AvgIpc) is 2.60. The lowest BCUT2D eigenvalue weighted by atomic mass is 10.1.